The van der Waals surface area contributed by atoms with Gasteiger partial charge in [0.05, 0.1) is 11.3 Å². The van der Waals surface area contributed by atoms with Crippen LogP contribution in [0.2, 0.25) is 0 Å². The number of nitro groups is 1. The highest BCUT2D eigenvalue weighted by atomic mass is 16.6. The van der Waals surface area contributed by atoms with Crippen LogP contribution in [0.5, 0.6) is 0 Å². The molecule has 1 aromatic heterocycles. The first-order chi connectivity index (χ1) is 9.58. The lowest BCUT2D eigenvalue weighted by Gasteiger charge is -2.04. The monoisotopic (exact) mass is 273 g/mol. The normalized spacial score (nSPS) is 10.0. The van der Waals surface area contributed by atoms with E-state index in [1.54, 1.807) is 6.07 Å². The maximum Gasteiger partial charge on any atom is 0.273 e. The first-order valence-corrected chi connectivity index (χ1v) is 5.77. The summed E-state index contributed by atoms with van der Waals surface area (Å²) in [6, 6.07) is 7.26. The highest BCUT2D eigenvalue weighted by Crippen LogP contribution is 2.18. The van der Waals surface area contributed by atoms with Gasteiger partial charge in [0.25, 0.3) is 5.69 Å². The fraction of sp³-hybridized carbons (Fsp3) is 0.0769. The van der Waals surface area contributed by atoms with E-state index < -0.39 is 10.8 Å². The Bertz CT molecular complexity index is 709. The number of pyridine rings is 1. The van der Waals surface area contributed by atoms with Gasteiger partial charge in [0.2, 0.25) is 11.3 Å². The molecule has 0 saturated heterocycles. The van der Waals surface area contributed by atoms with Gasteiger partial charge in [-0.2, -0.15) is 0 Å². The number of aromatic amines is 1. The predicted octanol–water partition coefficient (Wildman–Crippen LogP) is 1.46. The molecule has 0 aliphatic rings. The third-order valence-electron chi connectivity index (χ3n) is 2.64. The van der Waals surface area contributed by atoms with Gasteiger partial charge in [-0.3, -0.25) is 19.7 Å². The number of hydrogen-bond acceptors (Lipinski definition) is 4. The molecule has 1 amide bonds. The van der Waals surface area contributed by atoms with Crippen molar-refractivity contribution in [1.82, 2.24) is 4.98 Å². The van der Waals surface area contributed by atoms with Crippen molar-refractivity contribution < 1.29 is 9.72 Å². The summed E-state index contributed by atoms with van der Waals surface area (Å²) in [5.41, 5.74) is -0.0530. The average molecular weight is 273 g/mol. The molecule has 0 radical (unpaired) electrons. The molecule has 0 spiro atoms. The molecule has 0 bridgehead atoms. The molecule has 0 aliphatic carbocycles. The van der Waals surface area contributed by atoms with Gasteiger partial charge in [0, 0.05) is 30.1 Å². The third kappa shape index (κ3) is 3.08. The number of amides is 1. The summed E-state index contributed by atoms with van der Waals surface area (Å²) in [6.45, 7) is 0. The fourth-order valence-corrected chi connectivity index (χ4v) is 1.72. The van der Waals surface area contributed by atoms with Crippen molar-refractivity contribution >= 4 is 17.3 Å². The van der Waals surface area contributed by atoms with Gasteiger partial charge < -0.3 is 10.3 Å². The summed E-state index contributed by atoms with van der Waals surface area (Å²) in [7, 11) is 0. The number of carbonyl (C=O) groups excluding carboxylic acids is 1. The van der Waals surface area contributed by atoms with E-state index in [1.165, 1.54) is 36.7 Å². The number of nitrogens with one attached hydrogen (secondary N) is 2. The second kappa shape index (κ2) is 5.79. The molecule has 20 heavy (non-hydrogen) atoms. The van der Waals surface area contributed by atoms with Crippen LogP contribution in [-0.4, -0.2) is 15.8 Å². The van der Waals surface area contributed by atoms with E-state index in [2.05, 4.69) is 10.3 Å². The van der Waals surface area contributed by atoms with Crippen molar-refractivity contribution in [3.8, 4) is 0 Å². The molecule has 2 N–H and O–H groups in total. The lowest BCUT2D eigenvalue weighted by molar-refractivity contribution is -0.385. The molecule has 1 heterocycles. The number of nitro benzene ring substituents is 1. The van der Waals surface area contributed by atoms with Gasteiger partial charge in [0.1, 0.15) is 5.69 Å². The zero-order chi connectivity index (χ0) is 14.5. The summed E-state index contributed by atoms with van der Waals surface area (Å²) in [5.74, 6) is -0.490. The first-order valence-electron chi connectivity index (χ1n) is 5.77. The van der Waals surface area contributed by atoms with Crippen LogP contribution < -0.4 is 10.7 Å². The van der Waals surface area contributed by atoms with Crippen LogP contribution in [0.15, 0.2) is 47.5 Å². The number of nitrogens with zero attached hydrogens (tertiary/aromatic N) is 1. The molecule has 7 heteroatoms. The molecule has 0 fully saturated rings. The van der Waals surface area contributed by atoms with Crippen LogP contribution >= 0.6 is 0 Å². The van der Waals surface area contributed by atoms with E-state index in [9.17, 15) is 19.7 Å². The molecule has 2 aromatic rings. The van der Waals surface area contributed by atoms with Gasteiger partial charge in [-0.05, 0) is 0 Å². The van der Waals surface area contributed by atoms with E-state index in [-0.39, 0.29) is 23.2 Å². The maximum absolute atomic E-state index is 11.8. The first kappa shape index (κ1) is 13.5. The summed E-state index contributed by atoms with van der Waals surface area (Å²) in [5, 5.41) is 13.3. The number of benzene rings is 1. The van der Waals surface area contributed by atoms with Crippen molar-refractivity contribution in [1.29, 1.82) is 0 Å². The zero-order valence-electron chi connectivity index (χ0n) is 10.3. The minimum absolute atomic E-state index is 0.107. The van der Waals surface area contributed by atoms with Crippen LogP contribution in [-0.2, 0) is 11.2 Å². The molecule has 2 rings (SSSR count). The Balaban J connectivity index is 2.15. The predicted molar refractivity (Wildman–Crippen MR) is 72.5 cm³/mol. The largest absolute Gasteiger partial charge is 0.366 e. The minimum Gasteiger partial charge on any atom is -0.366 e. The number of anilines is 1. The second-order valence-corrected chi connectivity index (χ2v) is 4.03. The Morgan fingerprint density at radius 2 is 2.05 bits per heavy atom. The Labute approximate surface area is 113 Å². The van der Waals surface area contributed by atoms with Crippen molar-refractivity contribution in [3.05, 3.63) is 68.6 Å². The van der Waals surface area contributed by atoms with Crippen LogP contribution in [0, 0.1) is 10.1 Å². The molecule has 0 aliphatic heterocycles. The van der Waals surface area contributed by atoms with Crippen molar-refractivity contribution in [2.24, 2.45) is 0 Å². The van der Waals surface area contributed by atoms with Gasteiger partial charge >= 0.3 is 0 Å². The van der Waals surface area contributed by atoms with E-state index >= 15 is 0 Å². The molecule has 0 unspecified atom stereocenters. The minimum atomic E-state index is -0.544. The molecule has 0 atom stereocenters. The molecule has 7 nitrogen and oxygen atoms in total. The van der Waals surface area contributed by atoms with E-state index in [1.807, 2.05) is 0 Å². The lowest BCUT2D eigenvalue weighted by Crippen LogP contribution is -2.20. The van der Waals surface area contributed by atoms with Crippen molar-refractivity contribution in [2.75, 3.05) is 5.32 Å². The number of aromatic nitrogens is 1. The fourth-order valence-electron chi connectivity index (χ4n) is 1.72. The smallest absolute Gasteiger partial charge is 0.273 e. The van der Waals surface area contributed by atoms with Gasteiger partial charge in [-0.15, -0.1) is 0 Å². The second-order valence-electron chi connectivity index (χ2n) is 4.03. The summed E-state index contributed by atoms with van der Waals surface area (Å²) in [4.78, 5) is 36.2. The lowest BCUT2D eigenvalue weighted by atomic mass is 10.1. The van der Waals surface area contributed by atoms with Crippen LogP contribution in [0.25, 0.3) is 0 Å². The van der Waals surface area contributed by atoms with E-state index in [4.69, 9.17) is 0 Å². The zero-order valence-corrected chi connectivity index (χ0v) is 10.3. The van der Waals surface area contributed by atoms with Crippen LogP contribution in [0.3, 0.4) is 0 Å². The quantitative estimate of drug-likeness (QED) is 0.649. The third-order valence-corrected chi connectivity index (χ3v) is 2.64. The van der Waals surface area contributed by atoms with Crippen LogP contribution in [0.1, 0.15) is 5.56 Å². The molecule has 102 valence electrons. The molecule has 1 aromatic carbocycles. The SMILES string of the molecule is O=C(Cc1ccccc1[N+](=O)[O-])Nc1c[nH]ccc1=O. The van der Waals surface area contributed by atoms with E-state index in [0.29, 0.717) is 5.56 Å². The molecule has 0 saturated carbocycles. The number of hydrogen-bond donors (Lipinski definition) is 2. The van der Waals surface area contributed by atoms with Gasteiger partial charge in [0.15, 0.2) is 0 Å². The number of carbonyl (C=O) groups is 1. The number of H-pyrrole nitrogens is 1. The standard InChI is InChI=1S/C13H11N3O4/c17-12-5-6-14-8-10(12)15-13(18)7-9-3-1-2-4-11(9)16(19)20/h1-6,8H,7H2,(H,14,17)(H,15,18). The van der Waals surface area contributed by atoms with Crippen molar-refractivity contribution in [3.63, 3.8) is 0 Å². The Hall–Kier alpha value is -2.96. The summed E-state index contributed by atoms with van der Waals surface area (Å²) in [6.07, 6.45) is 2.63. The van der Waals surface area contributed by atoms with Crippen molar-refractivity contribution in [2.45, 2.75) is 6.42 Å². The molecular weight excluding hydrogens is 262 g/mol. The highest BCUT2D eigenvalue weighted by molar-refractivity contribution is 5.92. The van der Waals surface area contributed by atoms with Gasteiger partial charge in [-0.1, -0.05) is 18.2 Å². The Morgan fingerprint density at radius 3 is 2.75 bits per heavy atom. The molecular formula is C13H11N3O4. The topological polar surface area (TPSA) is 105 Å². The summed E-state index contributed by atoms with van der Waals surface area (Å²) < 4.78 is 0. The highest BCUT2D eigenvalue weighted by Gasteiger charge is 2.15. The number of para-hydroxylation sites is 1. The van der Waals surface area contributed by atoms with Crippen LogP contribution in [0.4, 0.5) is 11.4 Å². The summed E-state index contributed by atoms with van der Waals surface area (Å²) >= 11 is 0. The van der Waals surface area contributed by atoms with Gasteiger partial charge in [-0.25, -0.2) is 0 Å². The Kier molecular flexibility index (Phi) is 3.90. The van der Waals surface area contributed by atoms with E-state index in [0.717, 1.165) is 0 Å². The Morgan fingerprint density at radius 1 is 1.30 bits per heavy atom. The maximum atomic E-state index is 11.8. The number of rotatable bonds is 4. The average Bonchev–Trinajstić information content (AvgIpc) is 2.41.